The summed E-state index contributed by atoms with van der Waals surface area (Å²) >= 11 is 0. The van der Waals surface area contributed by atoms with Gasteiger partial charge in [-0.05, 0) is 25.5 Å². The van der Waals surface area contributed by atoms with Gasteiger partial charge in [-0.1, -0.05) is 0 Å². The van der Waals surface area contributed by atoms with Gasteiger partial charge in [-0.15, -0.1) is 0 Å². The average Bonchev–Trinajstić information content (AvgIpc) is 2.59. The van der Waals surface area contributed by atoms with Gasteiger partial charge in [0.2, 0.25) is 0 Å². The van der Waals surface area contributed by atoms with E-state index in [1.54, 1.807) is 11.0 Å². The Kier molecular flexibility index (Phi) is 2.77. The molecule has 1 aliphatic rings. The Morgan fingerprint density at radius 2 is 2.00 bits per heavy atom. The van der Waals surface area contributed by atoms with E-state index < -0.39 is 0 Å². The molecular weight excluding hydrogens is 194 g/mol. The molecule has 1 aromatic rings. The summed E-state index contributed by atoms with van der Waals surface area (Å²) < 4.78 is 10.6. The lowest BCUT2D eigenvalue weighted by atomic mass is 10.2. The zero-order chi connectivity index (χ0) is 10.8. The summed E-state index contributed by atoms with van der Waals surface area (Å²) in [6.07, 6.45) is 0. The molecule has 0 saturated carbocycles. The largest absolute Gasteiger partial charge is 0.456 e. The van der Waals surface area contributed by atoms with Crippen molar-refractivity contribution in [2.75, 3.05) is 26.3 Å². The monoisotopic (exact) mass is 209 g/mol. The molecule has 1 saturated heterocycles. The summed E-state index contributed by atoms with van der Waals surface area (Å²) in [6.45, 7) is 6.34. The number of carbonyl (C=O) groups is 1. The van der Waals surface area contributed by atoms with Crippen LogP contribution in [0, 0.1) is 13.8 Å². The van der Waals surface area contributed by atoms with E-state index in [9.17, 15) is 4.79 Å². The third kappa shape index (κ3) is 2.04. The zero-order valence-electron chi connectivity index (χ0n) is 9.08. The number of ether oxygens (including phenoxy) is 1. The Bertz CT molecular complexity index is 344. The highest BCUT2D eigenvalue weighted by Gasteiger charge is 2.21. The molecule has 4 nitrogen and oxygen atoms in total. The molecule has 0 aliphatic carbocycles. The number of hydrogen-bond acceptors (Lipinski definition) is 3. The third-order valence-corrected chi connectivity index (χ3v) is 2.68. The first-order valence-corrected chi connectivity index (χ1v) is 5.12. The lowest BCUT2D eigenvalue weighted by Crippen LogP contribution is -2.40. The minimum absolute atomic E-state index is 0.0329. The maximum atomic E-state index is 11.9. The predicted octanol–water partition coefficient (Wildman–Crippen LogP) is 1.37. The third-order valence-electron chi connectivity index (χ3n) is 2.68. The van der Waals surface area contributed by atoms with Gasteiger partial charge in [0.05, 0.1) is 13.2 Å². The van der Waals surface area contributed by atoms with Crippen molar-refractivity contribution in [1.29, 1.82) is 0 Å². The summed E-state index contributed by atoms with van der Waals surface area (Å²) in [5.41, 5.74) is 1.02. The predicted molar refractivity (Wildman–Crippen MR) is 54.9 cm³/mol. The number of furan rings is 1. The number of carbonyl (C=O) groups excluding carboxylic acids is 1. The van der Waals surface area contributed by atoms with Gasteiger partial charge in [-0.25, -0.2) is 0 Å². The van der Waals surface area contributed by atoms with Crippen molar-refractivity contribution >= 4 is 5.91 Å². The van der Waals surface area contributed by atoms with Crippen molar-refractivity contribution in [3.8, 4) is 0 Å². The number of aryl methyl sites for hydroxylation is 2. The van der Waals surface area contributed by atoms with Crippen LogP contribution in [0.3, 0.4) is 0 Å². The summed E-state index contributed by atoms with van der Waals surface area (Å²) in [7, 11) is 0. The van der Waals surface area contributed by atoms with Gasteiger partial charge in [-0.3, -0.25) is 4.79 Å². The molecule has 1 amide bonds. The molecule has 1 aliphatic heterocycles. The zero-order valence-corrected chi connectivity index (χ0v) is 9.08. The van der Waals surface area contributed by atoms with Crippen LogP contribution in [0.25, 0.3) is 0 Å². The number of hydrogen-bond donors (Lipinski definition) is 0. The van der Waals surface area contributed by atoms with Crippen LogP contribution in [-0.4, -0.2) is 37.1 Å². The highest BCUT2D eigenvalue weighted by atomic mass is 16.5. The molecule has 2 heterocycles. The summed E-state index contributed by atoms with van der Waals surface area (Å²) in [5.74, 6) is 1.22. The summed E-state index contributed by atoms with van der Waals surface area (Å²) in [4.78, 5) is 13.7. The summed E-state index contributed by atoms with van der Waals surface area (Å²) in [5, 5.41) is 0. The molecule has 0 spiro atoms. The minimum atomic E-state index is -0.0329. The van der Waals surface area contributed by atoms with Crippen LogP contribution >= 0.6 is 0 Å². The second-order valence-electron chi connectivity index (χ2n) is 3.75. The van der Waals surface area contributed by atoms with Crippen molar-refractivity contribution in [2.45, 2.75) is 13.8 Å². The molecule has 0 atom stereocenters. The molecule has 15 heavy (non-hydrogen) atoms. The first-order valence-electron chi connectivity index (χ1n) is 5.12. The molecule has 0 aromatic carbocycles. The Balaban J connectivity index is 2.12. The highest BCUT2D eigenvalue weighted by Crippen LogP contribution is 2.15. The molecule has 4 heteroatoms. The van der Waals surface area contributed by atoms with Crippen molar-refractivity contribution in [3.05, 3.63) is 23.2 Å². The first kappa shape index (κ1) is 10.2. The van der Waals surface area contributed by atoms with E-state index in [4.69, 9.17) is 9.15 Å². The highest BCUT2D eigenvalue weighted by molar-refractivity contribution is 5.91. The van der Waals surface area contributed by atoms with Gasteiger partial charge in [0.15, 0.2) is 5.76 Å². The Hall–Kier alpha value is -1.29. The van der Waals surface area contributed by atoms with E-state index in [0.717, 1.165) is 11.3 Å². The van der Waals surface area contributed by atoms with Crippen molar-refractivity contribution in [1.82, 2.24) is 4.90 Å². The lowest BCUT2D eigenvalue weighted by Gasteiger charge is -2.25. The molecule has 2 rings (SSSR count). The SMILES string of the molecule is Cc1cc(C(=O)N2CCOCC2)oc1C. The van der Waals surface area contributed by atoms with Crippen LogP contribution in [0.15, 0.2) is 10.5 Å². The number of nitrogens with zero attached hydrogens (tertiary/aromatic N) is 1. The molecule has 0 bridgehead atoms. The lowest BCUT2D eigenvalue weighted by molar-refractivity contribution is 0.0282. The number of morpholine rings is 1. The Morgan fingerprint density at radius 1 is 1.33 bits per heavy atom. The normalized spacial score (nSPS) is 16.8. The molecule has 0 radical (unpaired) electrons. The van der Waals surface area contributed by atoms with Gasteiger partial charge in [0, 0.05) is 13.1 Å². The van der Waals surface area contributed by atoms with Gasteiger partial charge >= 0.3 is 0 Å². The van der Waals surface area contributed by atoms with Crippen LogP contribution in [0.1, 0.15) is 21.9 Å². The second-order valence-corrected chi connectivity index (χ2v) is 3.75. The topological polar surface area (TPSA) is 42.7 Å². The summed E-state index contributed by atoms with van der Waals surface area (Å²) in [6, 6.07) is 1.80. The van der Waals surface area contributed by atoms with Crippen LogP contribution in [0.4, 0.5) is 0 Å². The molecular formula is C11H15NO3. The maximum absolute atomic E-state index is 11.9. The fourth-order valence-corrected chi connectivity index (χ4v) is 1.60. The smallest absolute Gasteiger partial charge is 0.289 e. The molecule has 1 fully saturated rings. The van der Waals surface area contributed by atoms with E-state index in [1.807, 2.05) is 13.8 Å². The van der Waals surface area contributed by atoms with E-state index in [2.05, 4.69) is 0 Å². The molecule has 1 aromatic heterocycles. The maximum Gasteiger partial charge on any atom is 0.289 e. The van der Waals surface area contributed by atoms with Crippen LogP contribution in [0.2, 0.25) is 0 Å². The quantitative estimate of drug-likeness (QED) is 0.701. The number of amides is 1. The standard InChI is InChI=1S/C11H15NO3/c1-8-7-10(15-9(8)2)11(13)12-3-5-14-6-4-12/h7H,3-6H2,1-2H3. The van der Waals surface area contributed by atoms with Gasteiger partial charge in [-0.2, -0.15) is 0 Å². The van der Waals surface area contributed by atoms with E-state index in [0.29, 0.717) is 32.1 Å². The Labute approximate surface area is 88.8 Å². The first-order chi connectivity index (χ1) is 7.18. The van der Waals surface area contributed by atoms with Crippen molar-refractivity contribution < 1.29 is 13.9 Å². The van der Waals surface area contributed by atoms with E-state index in [-0.39, 0.29) is 5.91 Å². The van der Waals surface area contributed by atoms with Crippen LogP contribution in [-0.2, 0) is 4.74 Å². The molecule has 82 valence electrons. The van der Waals surface area contributed by atoms with Crippen LogP contribution < -0.4 is 0 Å². The molecule has 0 N–H and O–H groups in total. The number of rotatable bonds is 1. The van der Waals surface area contributed by atoms with Crippen molar-refractivity contribution in [2.24, 2.45) is 0 Å². The average molecular weight is 209 g/mol. The minimum Gasteiger partial charge on any atom is -0.456 e. The van der Waals surface area contributed by atoms with Gasteiger partial charge in [0.25, 0.3) is 5.91 Å². The fourth-order valence-electron chi connectivity index (χ4n) is 1.60. The second kappa shape index (κ2) is 4.06. The van der Waals surface area contributed by atoms with E-state index >= 15 is 0 Å². The van der Waals surface area contributed by atoms with Gasteiger partial charge in [0.1, 0.15) is 5.76 Å². The van der Waals surface area contributed by atoms with Crippen molar-refractivity contribution in [3.63, 3.8) is 0 Å². The molecule has 0 unspecified atom stereocenters. The fraction of sp³-hybridized carbons (Fsp3) is 0.545. The van der Waals surface area contributed by atoms with Crippen LogP contribution in [0.5, 0.6) is 0 Å². The Morgan fingerprint density at radius 3 is 2.53 bits per heavy atom. The van der Waals surface area contributed by atoms with E-state index in [1.165, 1.54) is 0 Å². The van der Waals surface area contributed by atoms with Gasteiger partial charge < -0.3 is 14.1 Å².